The second-order valence-corrected chi connectivity index (χ2v) is 5.07. The van der Waals surface area contributed by atoms with Crippen LogP contribution < -0.4 is 5.32 Å². The Hall–Kier alpha value is -0.630. The highest BCUT2D eigenvalue weighted by Crippen LogP contribution is 1.98. The van der Waals surface area contributed by atoms with E-state index in [9.17, 15) is 0 Å². The highest BCUT2D eigenvalue weighted by Gasteiger charge is 2.10. The molecular weight excluding hydrogens is 224 g/mol. The lowest BCUT2D eigenvalue weighted by molar-refractivity contribution is 0.234. The summed E-state index contributed by atoms with van der Waals surface area (Å²) in [5.41, 5.74) is 0. The number of nitrogens with one attached hydrogen (secondary N) is 1. The van der Waals surface area contributed by atoms with Crippen molar-refractivity contribution < 1.29 is 0 Å². The van der Waals surface area contributed by atoms with Crippen LogP contribution in [0.3, 0.4) is 0 Å². The minimum Gasteiger partial charge on any atom is -0.308 e. The monoisotopic (exact) mass is 254 g/mol. The van der Waals surface area contributed by atoms with Crippen LogP contribution in [0.5, 0.6) is 0 Å². The first-order valence-corrected chi connectivity index (χ1v) is 7.14. The van der Waals surface area contributed by atoms with Gasteiger partial charge in [-0.15, -0.1) is 0 Å². The van der Waals surface area contributed by atoms with E-state index in [4.69, 9.17) is 5.26 Å². The van der Waals surface area contributed by atoms with E-state index in [1.807, 2.05) is 0 Å². The zero-order valence-corrected chi connectivity index (χ0v) is 12.6. The minimum atomic E-state index is 0.00339. The lowest BCUT2D eigenvalue weighted by atomic mass is 10.2. The molecule has 0 aliphatic carbocycles. The normalized spacial score (nSPS) is 12.9. The van der Waals surface area contributed by atoms with Crippen LogP contribution in [0.15, 0.2) is 0 Å². The fourth-order valence-corrected chi connectivity index (χ4v) is 1.84. The molecule has 0 saturated carbocycles. The van der Waals surface area contributed by atoms with Gasteiger partial charge in [0.1, 0.15) is 0 Å². The fraction of sp³-hybridized carbons (Fsp3) is 0.929. The Kier molecular flexibility index (Phi) is 11.1. The van der Waals surface area contributed by atoms with E-state index in [1.165, 1.54) is 6.42 Å². The minimum absolute atomic E-state index is 0.00339. The van der Waals surface area contributed by atoms with E-state index in [-0.39, 0.29) is 6.04 Å². The summed E-state index contributed by atoms with van der Waals surface area (Å²) in [6.45, 7) is 9.58. The number of rotatable bonds is 11. The lowest BCUT2D eigenvalue weighted by Crippen LogP contribution is -2.37. The van der Waals surface area contributed by atoms with E-state index in [2.05, 4.69) is 49.1 Å². The molecular formula is C14H30N4. The zero-order valence-electron chi connectivity index (χ0n) is 12.6. The highest BCUT2D eigenvalue weighted by molar-refractivity contribution is 4.90. The smallest absolute Gasteiger partial charge is 0.0965 e. The lowest BCUT2D eigenvalue weighted by Gasteiger charge is -2.24. The van der Waals surface area contributed by atoms with Crippen LogP contribution in [0.1, 0.15) is 33.1 Å². The quantitative estimate of drug-likeness (QED) is 0.607. The molecule has 0 aromatic rings. The summed E-state index contributed by atoms with van der Waals surface area (Å²) in [6.07, 6.45) is 3.18. The predicted octanol–water partition coefficient (Wildman–Crippen LogP) is 1.54. The van der Waals surface area contributed by atoms with Crippen molar-refractivity contribution in [3.63, 3.8) is 0 Å². The Morgan fingerprint density at radius 1 is 1.06 bits per heavy atom. The SMILES string of the molecule is CCCNC(C#N)CCN(CCC)CCN(C)C. The van der Waals surface area contributed by atoms with Gasteiger partial charge in [0, 0.05) is 19.6 Å². The highest BCUT2D eigenvalue weighted by atomic mass is 15.2. The van der Waals surface area contributed by atoms with Crippen molar-refractivity contribution in [2.24, 2.45) is 0 Å². The summed E-state index contributed by atoms with van der Waals surface area (Å²) in [6, 6.07) is 2.35. The van der Waals surface area contributed by atoms with Crippen LogP contribution in [0.2, 0.25) is 0 Å². The Balaban J connectivity index is 3.95. The molecule has 1 N–H and O–H groups in total. The standard InChI is InChI=1S/C14H30N4/c1-5-8-16-14(13-15)7-10-18(9-6-2)12-11-17(3)4/h14,16H,5-12H2,1-4H3. The second kappa shape index (κ2) is 11.5. The molecule has 0 aromatic carbocycles. The van der Waals surface area contributed by atoms with Crippen LogP contribution in [-0.4, -0.2) is 62.7 Å². The molecule has 0 radical (unpaired) electrons. The van der Waals surface area contributed by atoms with E-state index in [0.29, 0.717) is 0 Å². The molecule has 1 atom stereocenters. The van der Waals surface area contributed by atoms with Crippen LogP contribution in [0.4, 0.5) is 0 Å². The Bertz CT molecular complexity index is 222. The van der Waals surface area contributed by atoms with Crippen molar-refractivity contribution in [3.05, 3.63) is 0 Å². The molecule has 0 aliphatic rings. The largest absolute Gasteiger partial charge is 0.308 e. The van der Waals surface area contributed by atoms with E-state index in [1.54, 1.807) is 0 Å². The molecule has 18 heavy (non-hydrogen) atoms. The third kappa shape index (κ3) is 9.41. The van der Waals surface area contributed by atoms with E-state index >= 15 is 0 Å². The number of likely N-dealkylation sites (N-methyl/N-ethyl adjacent to an activating group) is 1. The van der Waals surface area contributed by atoms with Crippen molar-refractivity contribution in [1.82, 2.24) is 15.1 Å². The first-order chi connectivity index (χ1) is 8.63. The average Bonchev–Trinajstić information content (AvgIpc) is 2.35. The third-order valence-electron chi connectivity index (χ3n) is 2.93. The topological polar surface area (TPSA) is 42.3 Å². The Labute approximate surface area is 113 Å². The number of nitriles is 1. The molecule has 4 nitrogen and oxygen atoms in total. The molecule has 1 unspecified atom stereocenters. The van der Waals surface area contributed by atoms with Crippen molar-refractivity contribution in [1.29, 1.82) is 5.26 Å². The maximum Gasteiger partial charge on any atom is 0.0965 e. The van der Waals surface area contributed by atoms with Gasteiger partial charge < -0.3 is 15.1 Å². The van der Waals surface area contributed by atoms with Gasteiger partial charge >= 0.3 is 0 Å². The second-order valence-electron chi connectivity index (χ2n) is 5.07. The van der Waals surface area contributed by atoms with Gasteiger partial charge in [0.05, 0.1) is 12.1 Å². The first kappa shape index (κ1) is 17.4. The molecule has 0 aliphatic heterocycles. The van der Waals surface area contributed by atoms with Crippen molar-refractivity contribution >= 4 is 0 Å². The van der Waals surface area contributed by atoms with Gasteiger partial charge in [-0.2, -0.15) is 5.26 Å². The number of hydrogen-bond acceptors (Lipinski definition) is 4. The van der Waals surface area contributed by atoms with Crippen molar-refractivity contribution in [2.45, 2.75) is 39.2 Å². The van der Waals surface area contributed by atoms with Crippen LogP contribution in [-0.2, 0) is 0 Å². The average molecular weight is 254 g/mol. The van der Waals surface area contributed by atoms with Gasteiger partial charge in [-0.3, -0.25) is 0 Å². The van der Waals surface area contributed by atoms with Gasteiger partial charge in [-0.25, -0.2) is 0 Å². The summed E-state index contributed by atoms with van der Waals surface area (Å²) >= 11 is 0. The van der Waals surface area contributed by atoms with Gasteiger partial charge in [0.25, 0.3) is 0 Å². The maximum atomic E-state index is 9.07. The molecule has 0 rings (SSSR count). The number of nitrogens with zero attached hydrogens (tertiary/aromatic N) is 3. The van der Waals surface area contributed by atoms with Crippen LogP contribution >= 0.6 is 0 Å². The van der Waals surface area contributed by atoms with Crippen LogP contribution in [0, 0.1) is 11.3 Å². The molecule has 106 valence electrons. The maximum absolute atomic E-state index is 9.07. The summed E-state index contributed by atoms with van der Waals surface area (Å²) in [5, 5.41) is 12.4. The molecule has 0 bridgehead atoms. The van der Waals surface area contributed by atoms with Gasteiger partial charge in [-0.05, 0) is 46.4 Å². The van der Waals surface area contributed by atoms with Gasteiger partial charge in [-0.1, -0.05) is 13.8 Å². The van der Waals surface area contributed by atoms with E-state index in [0.717, 1.165) is 45.6 Å². The fourth-order valence-electron chi connectivity index (χ4n) is 1.84. The number of hydrogen-bond donors (Lipinski definition) is 1. The van der Waals surface area contributed by atoms with Crippen molar-refractivity contribution in [2.75, 3.05) is 46.8 Å². The summed E-state index contributed by atoms with van der Waals surface area (Å²) < 4.78 is 0. The van der Waals surface area contributed by atoms with Gasteiger partial charge in [0.2, 0.25) is 0 Å². The van der Waals surface area contributed by atoms with Gasteiger partial charge in [0.15, 0.2) is 0 Å². The summed E-state index contributed by atoms with van der Waals surface area (Å²) in [5.74, 6) is 0. The zero-order chi connectivity index (χ0) is 13.8. The molecule has 0 heterocycles. The molecule has 4 heteroatoms. The summed E-state index contributed by atoms with van der Waals surface area (Å²) in [4.78, 5) is 4.66. The Morgan fingerprint density at radius 2 is 1.78 bits per heavy atom. The Morgan fingerprint density at radius 3 is 2.28 bits per heavy atom. The molecule has 0 saturated heterocycles. The van der Waals surface area contributed by atoms with Crippen molar-refractivity contribution in [3.8, 4) is 6.07 Å². The predicted molar refractivity (Wildman–Crippen MR) is 77.6 cm³/mol. The van der Waals surface area contributed by atoms with E-state index < -0.39 is 0 Å². The molecule has 0 fully saturated rings. The molecule has 0 aromatic heterocycles. The summed E-state index contributed by atoms with van der Waals surface area (Å²) in [7, 11) is 4.20. The first-order valence-electron chi connectivity index (χ1n) is 7.14. The third-order valence-corrected chi connectivity index (χ3v) is 2.93. The van der Waals surface area contributed by atoms with Crippen LogP contribution in [0.25, 0.3) is 0 Å². The molecule has 0 spiro atoms. The molecule has 0 amide bonds.